The third-order valence-corrected chi connectivity index (χ3v) is 5.18. The molecule has 1 aliphatic heterocycles. The number of hydrogen-bond acceptors (Lipinski definition) is 6. The number of carbonyl (C=O) groups excluding carboxylic acids is 1. The van der Waals surface area contributed by atoms with Crippen molar-refractivity contribution in [2.75, 3.05) is 19.7 Å². The highest BCUT2D eigenvalue weighted by molar-refractivity contribution is 5.77. The summed E-state index contributed by atoms with van der Waals surface area (Å²) in [5, 5.41) is 10.8. The highest BCUT2D eigenvalue weighted by Crippen LogP contribution is 2.21. The standard InChI is InChI=1S/C20H27N3O6/c1-14(2)8-11-28-16-7-10-21(13-16)19(24)4-3-9-22-17-6-5-15(23(26)27)12-18(17)29-20(22)25/h5-6,12,14,16H,3-4,7-11,13H2,1-2H3/t16-/m1/s1. The van der Waals surface area contributed by atoms with Crippen LogP contribution in [0.2, 0.25) is 0 Å². The number of nitrogens with zero attached hydrogens (tertiary/aromatic N) is 3. The summed E-state index contributed by atoms with van der Waals surface area (Å²) in [6.45, 7) is 6.67. The van der Waals surface area contributed by atoms with E-state index in [2.05, 4.69) is 13.8 Å². The molecule has 158 valence electrons. The molecule has 0 spiro atoms. The van der Waals surface area contributed by atoms with Crippen molar-refractivity contribution in [1.82, 2.24) is 9.47 Å². The van der Waals surface area contributed by atoms with Crippen LogP contribution in [0.5, 0.6) is 0 Å². The van der Waals surface area contributed by atoms with Gasteiger partial charge in [0.25, 0.3) is 5.69 Å². The van der Waals surface area contributed by atoms with E-state index in [1.165, 1.54) is 22.8 Å². The molecule has 2 heterocycles. The second-order valence-corrected chi connectivity index (χ2v) is 7.84. The molecular formula is C20H27N3O6. The van der Waals surface area contributed by atoms with Crippen molar-refractivity contribution in [3.05, 3.63) is 38.9 Å². The summed E-state index contributed by atoms with van der Waals surface area (Å²) in [7, 11) is 0. The molecule has 1 atom stereocenters. The van der Waals surface area contributed by atoms with Gasteiger partial charge in [-0.25, -0.2) is 4.79 Å². The van der Waals surface area contributed by atoms with E-state index >= 15 is 0 Å². The Morgan fingerprint density at radius 3 is 2.93 bits per heavy atom. The molecule has 1 amide bonds. The molecule has 0 saturated carbocycles. The molecular weight excluding hydrogens is 378 g/mol. The molecule has 0 bridgehead atoms. The minimum absolute atomic E-state index is 0.0523. The van der Waals surface area contributed by atoms with Crippen LogP contribution >= 0.6 is 0 Å². The number of likely N-dealkylation sites (tertiary alicyclic amines) is 1. The molecule has 1 aliphatic rings. The molecule has 0 radical (unpaired) electrons. The summed E-state index contributed by atoms with van der Waals surface area (Å²) in [5.41, 5.74) is 0.539. The van der Waals surface area contributed by atoms with Crippen molar-refractivity contribution < 1.29 is 18.9 Å². The zero-order valence-corrected chi connectivity index (χ0v) is 16.8. The van der Waals surface area contributed by atoms with E-state index in [1.807, 2.05) is 4.90 Å². The Morgan fingerprint density at radius 1 is 1.41 bits per heavy atom. The zero-order valence-electron chi connectivity index (χ0n) is 16.8. The molecule has 3 rings (SSSR count). The van der Waals surface area contributed by atoms with Gasteiger partial charge in [0.15, 0.2) is 5.58 Å². The van der Waals surface area contributed by atoms with Crippen molar-refractivity contribution >= 4 is 22.7 Å². The Kier molecular flexibility index (Phi) is 6.68. The Morgan fingerprint density at radius 2 is 2.21 bits per heavy atom. The number of aryl methyl sites for hydroxylation is 1. The van der Waals surface area contributed by atoms with Crippen LogP contribution in [-0.2, 0) is 16.1 Å². The molecule has 1 aromatic carbocycles. The first kappa shape index (κ1) is 21.0. The lowest BCUT2D eigenvalue weighted by molar-refractivity contribution is -0.384. The van der Waals surface area contributed by atoms with Gasteiger partial charge in [-0.05, 0) is 31.2 Å². The number of fused-ring (bicyclic) bond motifs is 1. The van der Waals surface area contributed by atoms with Gasteiger partial charge in [0.2, 0.25) is 5.91 Å². The molecule has 1 aromatic heterocycles. The second-order valence-electron chi connectivity index (χ2n) is 7.84. The number of amides is 1. The molecule has 0 N–H and O–H groups in total. The molecule has 9 heteroatoms. The summed E-state index contributed by atoms with van der Waals surface area (Å²) in [6, 6.07) is 4.07. The maximum Gasteiger partial charge on any atom is 0.419 e. The van der Waals surface area contributed by atoms with Crippen LogP contribution in [0.15, 0.2) is 27.4 Å². The largest absolute Gasteiger partial charge is 0.419 e. The van der Waals surface area contributed by atoms with Crippen molar-refractivity contribution in [1.29, 1.82) is 0 Å². The van der Waals surface area contributed by atoms with E-state index in [0.29, 0.717) is 43.9 Å². The molecule has 1 saturated heterocycles. The van der Waals surface area contributed by atoms with Gasteiger partial charge in [0.1, 0.15) is 0 Å². The van der Waals surface area contributed by atoms with E-state index < -0.39 is 10.7 Å². The lowest BCUT2D eigenvalue weighted by Gasteiger charge is -2.17. The number of hydrogen-bond donors (Lipinski definition) is 0. The number of benzene rings is 1. The fraction of sp³-hybridized carbons (Fsp3) is 0.600. The number of nitro groups is 1. The quantitative estimate of drug-likeness (QED) is 0.469. The zero-order chi connectivity index (χ0) is 21.0. The van der Waals surface area contributed by atoms with Crippen molar-refractivity contribution in [3.8, 4) is 0 Å². The van der Waals surface area contributed by atoms with Crippen LogP contribution in [0.1, 0.15) is 39.5 Å². The topological polar surface area (TPSA) is 108 Å². The van der Waals surface area contributed by atoms with Gasteiger partial charge < -0.3 is 14.1 Å². The molecule has 2 aromatic rings. The molecule has 0 unspecified atom stereocenters. The molecule has 1 fully saturated rings. The lowest BCUT2D eigenvalue weighted by Crippen LogP contribution is -2.30. The number of ether oxygens (including phenoxy) is 1. The summed E-state index contributed by atoms with van der Waals surface area (Å²) in [5.74, 6) is 0.0758. The molecule has 29 heavy (non-hydrogen) atoms. The summed E-state index contributed by atoms with van der Waals surface area (Å²) in [6.07, 6.45) is 2.79. The summed E-state index contributed by atoms with van der Waals surface area (Å²) >= 11 is 0. The maximum atomic E-state index is 12.5. The van der Waals surface area contributed by atoms with E-state index in [4.69, 9.17) is 9.15 Å². The maximum absolute atomic E-state index is 12.5. The SMILES string of the molecule is CC(C)CCO[C@@H]1CCN(C(=O)CCCn2c(=O)oc3cc([N+](=O)[O-])ccc32)C1. The van der Waals surface area contributed by atoms with Gasteiger partial charge in [-0.15, -0.1) is 0 Å². The van der Waals surface area contributed by atoms with Crippen LogP contribution in [0, 0.1) is 16.0 Å². The second kappa shape index (κ2) is 9.21. The first-order valence-corrected chi connectivity index (χ1v) is 10.0. The van der Waals surface area contributed by atoms with Gasteiger partial charge in [-0.2, -0.15) is 0 Å². The number of aromatic nitrogens is 1. The van der Waals surface area contributed by atoms with Crippen LogP contribution < -0.4 is 5.76 Å². The van der Waals surface area contributed by atoms with Gasteiger partial charge >= 0.3 is 5.76 Å². The average molecular weight is 405 g/mol. The Balaban J connectivity index is 1.50. The predicted molar refractivity (Wildman–Crippen MR) is 107 cm³/mol. The van der Waals surface area contributed by atoms with Gasteiger partial charge in [0, 0.05) is 38.7 Å². The van der Waals surface area contributed by atoms with Gasteiger partial charge in [0.05, 0.1) is 22.6 Å². The monoisotopic (exact) mass is 405 g/mol. The summed E-state index contributed by atoms with van der Waals surface area (Å²) < 4.78 is 12.4. The minimum atomic E-state index is -0.576. The highest BCUT2D eigenvalue weighted by Gasteiger charge is 2.26. The van der Waals surface area contributed by atoms with Crippen LogP contribution in [0.4, 0.5) is 5.69 Å². The van der Waals surface area contributed by atoms with E-state index in [-0.39, 0.29) is 23.3 Å². The number of carbonyl (C=O) groups is 1. The first-order valence-electron chi connectivity index (χ1n) is 10.0. The third-order valence-electron chi connectivity index (χ3n) is 5.18. The van der Waals surface area contributed by atoms with E-state index in [1.54, 1.807) is 0 Å². The number of oxazole rings is 1. The number of nitro benzene ring substituents is 1. The fourth-order valence-electron chi connectivity index (χ4n) is 3.49. The fourth-order valence-corrected chi connectivity index (χ4v) is 3.49. The van der Waals surface area contributed by atoms with Crippen molar-refractivity contribution in [3.63, 3.8) is 0 Å². The normalized spacial score (nSPS) is 16.8. The Labute approximate surface area is 168 Å². The van der Waals surface area contributed by atoms with Gasteiger partial charge in [-0.3, -0.25) is 19.5 Å². The molecule has 9 nitrogen and oxygen atoms in total. The van der Waals surface area contributed by atoms with E-state index in [0.717, 1.165) is 19.4 Å². The smallest absolute Gasteiger partial charge is 0.407 e. The van der Waals surface area contributed by atoms with Crippen LogP contribution in [-0.4, -0.2) is 46.1 Å². The van der Waals surface area contributed by atoms with E-state index in [9.17, 15) is 19.7 Å². The predicted octanol–water partition coefficient (Wildman–Crippen LogP) is 2.95. The van der Waals surface area contributed by atoms with Crippen LogP contribution in [0.3, 0.4) is 0 Å². The number of rotatable bonds is 9. The first-order chi connectivity index (χ1) is 13.8. The average Bonchev–Trinajstić information content (AvgIpc) is 3.25. The molecule has 0 aliphatic carbocycles. The Bertz CT molecular complexity index is 932. The van der Waals surface area contributed by atoms with Crippen molar-refractivity contribution in [2.45, 2.75) is 52.2 Å². The lowest BCUT2D eigenvalue weighted by atomic mass is 10.1. The number of non-ortho nitro benzene ring substituents is 1. The van der Waals surface area contributed by atoms with Crippen molar-refractivity contribution in [2.24, 2.45) is 5.92 Å². The van der Waals surface area contributed by atoms with Gasteiger partial charge in [-0.1, -0.05) is 13.8 Å². The highest BCUT2D eigenvalue weighted by atomic mass is 16.6. The van der Waals surface area contributed by atoms with Crippen LogP contribution in [0.25, 0.3) is 11.1 Å². The minimum Gasteiger partial charge on any atom is -0.407 e. The Hall–Kier alpha value is -2.68. The third kappa shape index (κ3) is 5.23. The summed E-state index contributed by atoms with van der Waals surface area (Å²) in [4.78, 5) is 36.6.